The fourth-order valence-corrected chi connectivity index (χ4v) is 1.69. The number of nitrogens with two attached hydrogens (primary N) is 1. The number of benzene rings is 2. The summed E-state index contributed by atoms with van der Waals surface area (Å²) in [6.07, 6.45) is 0. The minimum Gasteiger partial charge on any atom is -0.497 e. The second-order valence-corrected chi connectivity index (χ2v) is 4.04. The van der Waals surface area contributed by atoms with Gasteiger partial charge < -0.3 is 19.9 Å². The molecule has 0 saturated carbocycles. The molecule has 0 amide bonds. The average molecular weight is 259 g/mol. The number of hydrogen-bond donors (Lipinski definition) is 1. The van der Waals surface area contributed by atoms with Gasteiger partial charge >= 0.3 is 0 Å². The number of nitrogen functional groups attached to an aromatic ring is 1. The minimum atomic E-state index is 0.425. The topological polar surface area (TPSA) is 53.7 Å². The molecule has 4 nitrogen and oxygen atoms in total. The molecular formula is C15H17NO3. The summed E-state index contributed by atoms with van der Waals surface area (Å²) < 4.78 is 16.0. The Morgan fingerprint density at radius 2 is 1.68 bits per heavy atom. The highest BCUT2D eigenvalue weighted by atomic mass is 16.5. The van der Waals surface area contributed by atoms with E-state index < -0.39 is 0 Å². The van der Waals surface area contributed by atoms with Crippen LogP contribution in [0.1, 0.15) is 5.56 Å². The molecule has 2 N–H and O–H groups in total. The molecule has 0 saturated heterocycles. The number of methoxy groups -OCH3 is 2. The summed E-state index contributed by atoms with van der Waals surface area (Å²) in [6, 6.07) is 13.0. The third kappa shape index (κ3) is 3.31. The highest BCUT2D eigenvalue weighted by Gasteiger charge is 2.04. The fourth-order valence-electron chi connectivity index (χ4n) is 1.69. The Kier molecular flexibility index (Phi) is 4.13. The van der Waals surface area contributed by atoms with Gasteiger partial charge in [0, 0.05) is 6.07 Å². The van der Waals surface area contributed by atoms with Gasteiger partial charge in [0.25, 0.3) is 0 Å². The third-order valence-corrected chi connectivity index (χ3v) is 2.75. The summed E-state index contributed by atoms with van der Waals surface area (Å²) >= 11 is 0. The first-order valence-corrected chi connectivity index (χ1v) is 5.92. The lowest BCUT2D eigenvalue weighted by molar-refractivity contribution is 0.304. The maximum absolute atomic E-state index is 5.86. The van der Waals surface area contributed by atoms with E-state index in [-0.39, 0.29) is 0 Å². The van der Waals surface area contributed by atoms with Crippen molar-refractivity contribution >= 4 is 5.69 Å². The van der Waals surface area contributed by atoms with Gasteiger partial charge in [0.2, 0.25) is 0 Å². The van der Waals surface area contributed by atoms with Gasteiger partial charge in [-0.25, -0.2) is 0 Å². The first-order chi connectivity index (χ1) is 9.22. The van der Waals surface area contributed by atoms with Gasteiger partial charge in [-0.1, -0.05) is 12.1 Å². The van der Waals surface area contributed by atoms with Crippen LogP contribution in [0.15, 0.2) is 42.5 Å². The molecule has 0 aliphatic rings. The number of anilines is 1. The predicted octanol–water partition coefficient (Wildman–Crippen LogP) is 2.87. The largest absolute Gasteiger partial charge is 0.497 e. The van der Waals surface area contributed by atoms with E-state index in [1.165, 1.54) is 0 Å². The Hall–Kier alpha value is -2.36. The Balaban J connectivity index is 2.09. The van der Waals surface area contributed by atoms with E-state index >= 15 is 0 Å². The van der Waals surface area contributed by atoms with Gasteiger partial charge in [0.1, 0.15) is 23.9 Å². The van der Waals surface area contributed by atoms with E-state index in [0.29, 0.717) is 18.0 Å². The van der Waals surface area contributed by atoms with Crippen molar-refractivity contribution in [1.29, 1.82) is 0 Å². The summed E-state index contributed by atoms with van der Waals surface area (Å²) in [7, 11) is 3.25. The van der Waals surface area contributed by atoms with Crippen LogP contribution in [-0.2, 0) is 6.61 Å². The Morgan fingerprint density at radius 1 is 0.947 bits per heavy atom. The van der Waals surface area contributed by atoms with Crippen molar-refractivity contribution in [1.82, 2.24) is 0 Å². The van der Waals surface area contributed by atoms with E-state index in [4.69, 9.17) is 19.9 Å². The molecule has 2 aromatic carbocycles. The minimum absolute atomic E-state index is 0.425. The lowest BCUT2D eigenvalue weighted by Gasteiger charge is -2.11. The molecule has 0 aliphatic carbocycles. The van der Waals surface area contributed by atoms with Gasteiger partial charge in [0.15, 0.2) is 0 Å². The van der Waals surface area contributed by atoms with E-state index in [2.05, 4.69) is 0 Å². The molecule has 0 radical (unpaired) electrons. The zero-order chi connectivity index (χ0) is 13.7. The van der Waals surface area contributed by atoms with Crippen LogP contribution < -0.4 is 19.9 Å². The number of rotatable bonds is 5. The Labute approximate surface area is 112 Å². The smallest absolute Gasteiger partial charge is 0.146 e. The third-order valence-electron chi connectivity index (χ3n) is 2.75. The van der Waals surface area contributed by atoms with Crippen molar-refractivity contribution in [2.75, 3.05) is 20.0 Å². The molecule has 0 fully saturated rings. The zero-order valence-electron chi connectivity index (χ0n) is 11.1. The molecule has 0 spiro atoms. The highest BCUT2D eigenvalue weighted by molar-refractivity contribution is 5.55. The van der Waals surface area contributed by atoms with E-state index in [0.717, 1.165) is 17.1 Å². The van der Waals surface area contributed by atoms with Crippen LogP contribution in [0.3, 0.4) is 0 Å². The second kappa shape index (κ2) is 6.00. The Bertz CT molecular complexity index is 555. The zero-order valence-corrected chi connectivity index (χ0v) is 11.1. The van der Waals surface area contributed by atoms with Crippen LogP contribution >= 0.6 is 0 Å². The van der Waals surface area contributed by atoms with Crippen LogP contribution in [0, 0.1) is 0 Å². The van der Waals surface area contributed by atoms with Crippen molar-refractivity contribution in [2.45, 2.75) is 6.61 Å². The fraction of sp³-hybridized carbons (Fsp3) is 0.200. The van der Waals surface area contributed by atoms with Gasteiger partial charge in [0.05, 0.1) is 19.9 Å². The van der Waals surface area contributed by atoms with Crippen molar-refractivity contribution < 1.29 is 14.2 Å². The molecule has 0 aromatic heterocycles. The van der Waals surface area contributed by atoms with Crippen LogP contribution in [0.2, 0.25) is 0 Å². The second-order valence-electron chi connectivity index (χ2n) is 4.04. The molecule has 0 aliphatic heterocycles. The molecule has 0 atom stereocenters. The summed E-state index contributed by atoms with van der Waals surface area (Å²) in [6.45, 7) is 0.425. The molecule has 2 aromatic rings. The van der Waals surface area contributed by atoms with Gasteiger partial charge in [-0.2, -0.15) is 0 Å². The molecule has 4 heteroatoms. The number of hydrogen-bond acceptors (Lipinski definition) is 4. The summed E-state index contributed by atoms with van der Waals surface area (Å²) in [5.74, 6) is 2.14. The standard InChI is InChI=1S/C15H17NO3/c1-17-12-5-3-4-11(8-12)10-19-15-9-13(18-2)6-7-14(15)16/h3-9H,10,16H2,1-2H3. The SMILES string of the molecule is COc1cccc(COc2cc(OC)ccc2N)c1. The van der Waals surface area contributed by atoms with Gasteiger partial charge in [-0.3, -0.25) is 0 Å². The molecule has 2 rings (SSSR count). The Morgan fingerprint density at radius 3 is 2.42 bits per heavy atom. The van der Waals surface area contributed by atoms with Crippen LogP contribution in [0.5, 0.6) is 17.2 Å². The monoisotopic (exact) mass is 259 g/mol. The summed E-state index contributed by atoms with van der Waals surface area (Å²) in [5, 5.41) is 0. The van der Waals surface area contributed by atoms with Crippen LogP contribution in [0.25, 0.3) is 0 Å². The molecule has 0 heterocycles. The highest BCUT2D eigenvalue weighted by Crippen LogP contribution is 2.27. The first-order valence-electron chi connectivity index (χ1n) is 5.92. The lowest BCUT2D eigenvalue weighted by Crippen LogP contribution is -1.99. The van der Waals surface area contributed by atoms with E-state index in [1.54, 1.807) is 32.4 Å². The lowest BCUT2D eigenvalue weighted by atomic mass is 10.2. The van der Waals surface area contributed by atoms with Crippen molar-refractivity contribution in [3.63, 3.8) is 0 Å². The summed E-state index contributed by atoms with van der Waals surface area (Å²) in [4.78, 5) is 0. The quantitative estimate of drug-likeness (QED) is 0.839. The van der Waals surface area contributed by atoms with Crippen molar-refractivity contribution in [3.05, 3.63) is 48.0 Å². The first kappa shape index (κ1) is 13.1. The maximum atomic E-state index is 5.86. The predicted molar refractivity (Wildman–Crippen MR) is 74.7 cm³/mol. The normalized spacial score (nSPS) is 10.0. The molecular weight excluding hydrogens is 242 g/mol. The molecule has 0 unspecified atom stereocenters. The van der Waals surface area contributed by atoms with Crippen LogP contribution in [0.4, 0.5) is 5.69 Å². The maximum Gasteiger partial charge on any atom is 0.146 e. The molecule has 0 bridgehead atoms. The van der Waals surface area contributed by atoms with E-state index in [1.807, 2.05) is 24.3 Å². The number of ether oxygens (including phenoxy) is 3. The van der Waals surface area contributed by atoms with Crippen molar-refractivity contribution in [2.24, 2.45) is 0 Å². The van der Waals surface area contributed by atoms with Crippen LogP contribution in [-0.4, -0.2) is 14.2 Å². The van der Waals surface area contributed by atoms with Gasteiger partial charge in [-0.15, -0.1) is 0 Å². The van der Waals surface area contributed by atoms with Gasteiger partial charge in [-0.05, 0) is 29.8 Å². The summed E-state index contributed by atoms with van der Waals surface area (Å²) in [5.41, 5.74) is 7.46. The van der Waals surface area contributed by atoms with E-state index in [9.17, 15) is 0 Å². The molecule has 100 valence electrons. The molecule has 19 heavy (non-hydrogen) atoms. The van der Waals surface area contributed by atoms with Crippen molar-refractivity contribution in [3.8, 4) is 17.2 Å². The average Bonchev–Trinajstić information content (AvgIpc) is 2.46.